The van der Waals surface area contributed by atoms with Crippen molar-refractivity contribution in [3.63, 3.8) is 0 Å². The number of hydrogen-bond donors (Lipinski definition) is 0. The van der Waals surface area contributed by atoms with Crippen LogP contribution in [0.2, 0.25) is 0 Å². The summed E-state index contributed by atoms with van der Waals surface area (Å²) in [5, 5.41) is 9.98. The van der Waals surface area contributed by atoms with Gasteiger partial charge >= 0.3 is 0 Å². The van der Waals surface area contributed by atoms with Crippen LogP contribution in [0.4, 0.5) is 0 Å². The van der Waals surface area contributed by atoms with Gasteiger partial charge < -0.3 is 0 Å². The van der Waals surface area contributed by atoms with Gasteiger partial charge in [0.2, 0.25) is 5.78 Å². The van der Waals surface area contributed by atoms with Crippen molar-refractivity contribution in [3.05, 3.63) is 63.9 Å². The predicted molar refractivity (Wildman–Crippen MR) is 119 cm³/mol. The minimum Gasteiger partial charge on any atom is -0.298 e. The number of carbonyl (C=O) groups is 1. The number of aryl methyl sites for hydroxylation is 2. The van der Waals surface area contributed by atoms with Crippen LogP contribution in [0.25, 0.3) is 22.4 Å². The van der Waals surface area contributed by atoms with Crippen molar-refractivity contribution >= 4 is 34.2 Å². The van der Waals surface area contributed by atoms with Crippen LogP contribution in [0.15, 0.2) is 52.4 Å². The average molecular weight is 419 g/mol. The Morgan fingerprint density at radius 3 is 2.70 bits per heavy atom. The molecule has 0 unspecified atom stereocenters. The van der Waals surface area contributed by atoms with E-state index in [4.69, 9.17) is 0 Å². The van der Waals surface area contributed by atoms with Gasteiger partial charge in [0.15, 0.2) is 5.16 Å². The first kappa shape index (κ1) is 19.1. The molecule has 0 radical (unpaired) electrons. The molecule has 7 heteroatoms. The molecule has 5 rings (SSSR count). The van der Waals surface area contributed by atoms with Crippen LogP contribution < -0.4 is 5.56 Å². The molecule has 0 spiro atoms. The molecule has 1 saturated carbocycles. The van der Waals surface area contributed by atoms with Crippen molar-refractivity contribution in [2.45, 2.75) is 49.9 Å². The third-order valence-electron chi connectivity index (χ3n) is 5.75. The molecule has 1 atom stereocenters. The van der Waals surface area contributed by atoms with Crippen LogP contribution in [0, 0.1) is 13.8 Å². The summed E-state index contributed by atoms with van der Waals surface area (Å²) in [6, 6.07) is 13.6. The van der Waals surface area contributed by atoms with Gasteiger partial charge in [0.1, 0.15) is 5.78 Å². The van der Waals surface area contributed by atoms with Crippen LogP contribution in [0.3, 0.4) is 0 Å². The maximum atomic E-state index is 13.5. The minimum absolute atomic E-state index is 0.106. The number of nitrogens with zero attached hydrogens (tertiary/aromatic N) is 4. The van der Waals surface area contributed by atoms with Gasteiger partial charge in [-0.05, 0) is 56.0 Å². The molecular weight excluding hydrogens is 396 g/mol. The lowest BCUT2D eigenvalue weighted by Crippen LogP contribution is -2.23. The second kappa shape index (κ2) is 7.40. The van der Waals surface area contributed by atoms with Crippen LogP contribution in [-0.2, 0) is 4.79 Å². The van der Waals surface area contributed by atoms with E-state index in [2.05, 4.69) is 10.2 Å². The van der Waals surface area contributed by atoms with Crippen LogP contribution >= 0.6 is 11.8 Å². The normalized spacial score (nSPS) is 17.1. The molecule has 0 bridgehead atoms. The van der Waals surface area contributed by atoms with E-state index in [1.54, 1.807) is 4.57 Å². The highest BCUT2D eigenvalue weighted by Crippen LogP contribution is 2.32. The number of fused-ring (bicyclic) bond motifs is 3. The number of aromatic nitrogens is 4. The van der Waals surface area contributed by atoms with E-state index in [9.17, 15) is 9.59 Å². The molecule has 2 heterocycles. The quantitative estimate of drug-likeness (QED) is 0.497. The largest absolute Gasteiger partial charge is 0.298 e. The SMILES string of the molecule is Cc1ccc(C)c(-n2c(=O)c3ccccc3n3c(S[C@@H]4CCCCC4=O)nnc23)c1. The number of ketones is 1. The van der Waals surface area contributed by atoms with E-state index in [0.717, 1.165) is 41.6 Å². The number of hydrogen-bond acceptors (Lipinski definition) is 5. The van der Waals surface area contributed by atoms with Crippen molar-refractivity contribution in [2.75, 3.05) is 0 Å². The van der Waals surface area contributed by atoms with Gasteiger partial charge in [-0.3, -0.25) is 14.0 Å². The Morgan fingerprint density at radius 1 is 1.03 bits per heavy atom. The monoisotopic (exact) mass is 418 g/mol. The Morgan fingerprint density at radius 2 is 1.87 bits per heavy atom. The zero-order chi connectivity index (χ0) is 20.8. The number of rotatable bonds is 3. The molecule has 4 aromatic rings. The Kier molecular flexibility index (Phi) is 4.70. The van der Waals surface area contributed by atoms with E-state index in [1.807, 2.05) is 60.7 Å². The number of thioether (sulfide) groups is 1. The zero-order valence-electron chi connectivity index (χ0n) is 17.0. The zero-order valence-corrected chi connectivity index (χ0v) is 17.8. The highest BCUT2D eigenvalue weighted by atomic mass is 32.2. The topological polar surface area (TPSA) is 69.3 Å². The molecule has 1 aliphatic carbocycles. The number of carbonyl (C=O) groups excluding carboxylic acids is 1. The fourth-order valence-corrected chi connectivity index (χ4v) is 5.30. The predicted octanol–water partition coefficient (Wildman–Crippen LogP) is 4.25. The molecule has 0 amide bonds. The maximum Gasteiger partial charge on any atom is 0.267 e. The molecule has 152 valence electrons. The van der Waals surface area contributed by atoms with E-state index < -0.39 is 0 Å². The van der Waals surface area contributed by atoms with Crippen molar-refractivity contribution in [1.82, 2.24) is 19.2 Å². The second-order valence-electron chi connectivity index (χ2n) is 7.88. The smallest absolute Gasteiger partial charge is 0.267 e. The maximum absolute atomic E-state index is 13.5. The Bertz CT molecular complexity index is 1350. The van der Waals surface area contributed by atoms with Gasteiger partial charge in [0.25, 0.3) is 5.56 Å². The van der Waals surface area contributed by atoms with E-state index in [0.29, 0.717) is 22.7 Å². The third-order valence-corrected chi connectivity index (χ3v) is 7.00. The molecule has 0 aliphatic heterocycles. The molecule has 0 N–H and O–H groups in total. The highest BCUT2D eigenvalue weighted by Gasteiger charge is 2.27. The summed E-state index contributed by atoms with van der Waals surface area (Å²) in [5.74, 6) is 0.744. The first-order valence-electron chi connectivity index (χ1n) is 10.2. The molecule has 2 aromatic heterocycles. The van der Waals surface area contributed by atoms with Gasteiger partial charge in [-0.25, -0.2) is 4.57 Å². The number of para-hydroxylation sites is 1. The van der Waals surface area contributed by atoms with Crippen LogP contribution in [0.5, 0.6) is 0 Å². The minimum atomic E-state index is -0.121. The van der Waals surface area contributed by atoms with E-state index in [1.165, 1.54) is 11.8 Å². The van der Waals surface area contributed by atoms with E-state index >= 15 is 0 Å². The Labute approximate surface area is 177 Å². The van der Waals surface area contributed by atoms with Gasteiger partial charge in [-0.2, -0.15) is 0 Å². The molecule has 1 aliphatic rings. The Balaban J connectivity index is 1.80. The van der Waals surface area contributed by atoms with Crippen LogP contribution in [0.1, 0.15) is 36.8 Å². The van der Waals surface area contributed by atoms with Crippen LogP contribution in [-0.4, -0.2) is 30.2 Å². The van der Waals surface area contributed by atoms with Crippen molar-refractivity contribution in [3.8, 4) is 5.69 Å². The molecule has 1 fully saturated rings. The average Bonchev–Trinajstić information content (AvgIpc) is 3.16. The number of benzene rings is 2. The summed E-state index contributed by atoms with van der Waals surface area (Å²) < 4.78 is 3.56. The van der Waals surface area contributed by atoms with Crippen molar-refractivity contribution in [1.29, 1.82) is 0 Å². The first-order chi connectivity index (χ1) is 14.5. The molecule has 6 nitrogen and oxygen atoms in total. The lowest BCUT2D eigenvalue weighted by molar-refractivity contribution is -0.119. The summed E-state index contributed by atoms with van der Waals surface area (Å²) in [6.45, 7) is 3.99. The number of Topliss-reactive ketones (excluding diaryl/α,β-unsaturated/α-hetero) is 1. The standard InChI is InChI=1S/C23H22N4O2S/c1-14-11-12-15(2)18(13-14)26-21(29)16-7-3-4-8-17(16)27-22(26)24-25-23(27)30-20-10-6-5-9-19(20)28/h3-4,7-8,11-13,20H,5-6,9-10H2,1-2H3/t20-/m1/s1. The fraction of sp³-hybridized carbons (Fsp3) is 0.304. The van der Waals surface area contributed by atoms with Gasteiger partial charge in [0.05, 0.1) is 21.8 Å². The summed E-state index contributed by atoms with van der Waals surface area (Å²) >= 11 is 1.47. The first-order valence-corrected chi connectivity index (χ1v) is 11.1. The van der Waals surface area contributed by atoms with Gasteiger partial charge in [-0.1, -0.05) is 42.4 Å². The van der Waals surface area contributed by atoms with Crippen molar-refractivity contribution < 1.29 is 4.79 Å². The van der Waals surface area contributed by atoms with Gasteiger partial charge in [-0.15, -0.1) is 10.2 Å². The second-order valence-corrected chi connectivity index (χ2v) is 9.05. The lowest BCUT2D eigenvalue weighted by atomic mass is 9.99. The Hall–Kier alpha value is -2.93. The summed E-state index contributed by atoms with van der Waals surface area (Å²) in [4.78, 5) is 25.9. The molecule has 30 heavy (non-hydrogen) atoms. The molecular formula is C23H22N4O2S. The lowest BCUT2D eigenvalue weighted by Gasteiger charge is -2.19. The summed E-state index contributed by atoms with van der Waals surface area (Å²) in [6.07, 6.45) is 3.50. The fourth-order valence-electron chi connectivity index (χ4n) is 4.14. The van der Waals surface area contributed by atoms with E-state index in [-0.39, 0.29) is 16.6 Å². The third kappa shape index (κ3) is 3.04. The highest BCUT2D eigenvalue weighted by molar-refractivity contribution is 8.00. The van der Waals surface area contributed by atoms with Crippen molar-refractivity contribution in [2.24, 2.45) is 0 Å². The molecule has 0 saturated heterocycles. The summed E-state index contributed by atoms with van der Waals surface area (Å²) in [7, 11) is 0. The van der Waals surface area contributed by atoms with Gasteiger partial charge in [0, 0.05) is 6.42 Å². The molecule has 2 aromatic carbocycles. The summed E-state index contributed by atoms with van der Waals surface area (Å²) in [5.41, 5.74) is 3.49.